The molecule has 0 unspecified atom stereocenters. The number of hydrogen-bond donors (Lipinski definition) is 1. The first-order valence-corrected chi connectivity index (χ1v) is 4.93. The fourth-order valence-electron chi connectivity index (χ4n) is 1.57. The van der Waals surface area contributed by atoms with Crippen LogP contribution in [0, 0.1) is 13.8 Å². The van der Waals surface area contributed by atoms with Gasteiger partial charge in [-0.25, -0.2) is 0 Å². The van der Waals surface area contributed by atoms with E-state index in [4.69, 9.17) is 4.52 Å². The van der Waals surface area contributed by atoms with Gasteiger partial charge in [0, 0.05) is 12.6 Å². The summed E-state index contributed by atoms with van der Waals surface area (Å²) in [6.45, 7) is 3.99. The molecule has 0 aliphatic rings. The van der Waals surface area contributed by atoms with Crippen molar-refractivity contribution in [2.75, 3.05) is 12.4 Å². The van der Waals surface area contributed by atoms with Gasteiger partial charge < -0.3 is 9.84 Å². The Morgan fingerprint density at radius 2 is 1.80 bits per heavy atom. The van der Waals surface area contributed by atoms with Crippen molar-refractivity contribution in [1.82, 2.24) is 5.16 Å². The predicted octanol–water partition coefficient (Wildman–Crippen LogP) is 3.00. The Morgan fingerprint density at radius 1 is 1.13 bits per heavy atom. The summed E-state index contributed by atoms with van der Waals surface area (Å²) in [7, 11) is 1.87. The molecule has 1 heterocycles. The lowest BCUT2D eigenvalue weighted by Crippen LogP contribution is -1.90. The standard InChI is InChI=1S/C12H14N2O/c1-8-4-6-10(7-5-8)12-11(13-3)9(2)14-15-12/h4-7,13H,1-3H3. The molecule has 1 aromatic carbocycles. The van der Waals surface area contributed by atoms with E-state index in [1.807, 2.05) is 26.1 Å². The summed E-state index contributed by atoms with van der Waals surface area (Å²) in [5.41, 5.74) is 4.12. The van der Waals surface area contributed by atoms with E-state index in [0.29, 0.717) is 0 Å². The van der Waals surface area contributed by atoms with E-state index in [9.17, 15) is 0 Å². The molecule has 0 fully saturated rings. The zero-order valence-corrected chi connectivity index (χ0v) is 9.16. The predicted molar refractivity (Wildman–Crippen MR) is 61.0 cm³/mol. The lowest BCUT2D eigenvalue weighted by Gasteiger charge is -2.01. The number of nitrogens with zero attached hydrogens (tertiary/aromatic N) is 1. The average molecular weight is 202 g/mol. The highest BCUT2D eigenvalue weighted by Crippen LogP contribution is 2.30. The maximum Gasteiger partial charge on any atom is 0.190 e. The first kappa shape index (κ1) is 9.77. The number of nitrogens with one attached hydrogen (secondary N) is 1. The molecule has 2 rings (SSSR count). The summed E-state index contributed by atoms with van der Waals surface area (Å²) >= 11 is 0. The van der Waals surface area contributed by atoms with Crippen molar-refractivity contribution in [1.29, 1.82) is 0 Å². The lowest BCUT2D eigenvalue weighted by atomic mass is 10.1. The second-order valence-electron chi connectivity index (χ2n) is 3.59. The molecule has 0 spiro atoms. The molecule has 0 amide bonds. The Kier molecular flexibility index (Phi) is 2.46. The molecule has 0 saturated heterocycles. The maximum absolute atomic E-state index is 5.30. The number of hydrogen-bond acceptors (Lipinski definition) is 3. The average Bonchev–Trinajstić information content (AvgIpc) is 2.61. The van der Waals surface area contributed by atoms with Crippen LogP contribution < -0.4 is 5.32 Å². The molecule has 3 heteroatoms. The number of anilines is 1. The molecule has 2 aromatic rings. The highest BCUT2D eigenvalue weighted by molar-refractivity contribution is 5.74. The number of rotatable bonds is 2. The largest absolute Gasteiger partial charge is 0.383 e. The molecule has 0 bridgehead atoms. The van der Waals surface area contributed by atoms with Gasteiger partial charge >= 0.3 is 0 Å². The van der Waals surface area contributed by atoms with Crippen LogP contribution >= 0.6 is 0 Å². The molecular formula is C12H14N2O. The summed E-state index contributed by atoms with van der Waals surface area (Å²) in [5.74, 6) is 0.801. The first-order valence-electron chi connectivity index (χ1n) is 4.93. The molecule has 0 aliphatic carbocycles. The third-order valence-corrected chi connectivity index (χ3v) is 2.43. The summed E-state index contributed by atoms with van der Waals surface area (Å²) in [6, 6.07) is 8.20. The van der Waals surface area contributed by atoms with Gasteiger partial charge in [0.25, 0.3) is 0 Å². The summed E-state index contributed by atoms with van der Waals surface area (Å²) < 4.78 is 5.30. The van der Waals surface area contributed by atoms with E-state index < -0.39 is 0 Å². The van der Waals surface area contributed by atoms with E-state index in [0.717, 1.165) is 22.7 Å². The molecule has 0 saturated carbocycles. The monoisotopic (exact) mass is 202 g/mol. The minimum absolute atomic E-state index is 0.801. The van der Waals surface area contributed by atoms with Crippen LogP contribution in [0.1, 0.15) is 11.3 Å². The van der Waals surface area contributed by atoms with E-state index in [-0.39, 0.29) is 0 Å². The van der Waals surface area contributed by atoms with Gasteiger partial charge in [0.15, 0.2) is 5.76 Å². The maximum atomic E-state index is 5.30. The number of benzene rings is 1. The molecule has 0 atom stereocenters. The zero-order valence-electron chi connectivity index (χ0n) is 9.16. The van der Waals surface area contributed by atoms with Gasteiger partial charge in [0.1, 0.15) is 11.4 Å². The van der Waals surface area contributed by atoms with E-state index in [1.54, 1.807) is 0 Å². The van der Waals surface area contributed by atoms with Gasteiger partial charge in [-0.3, -0.25) is 0 Å². The van der Waals surface area contributed by atoms with Crippen LogP contribution in [0.3, 0.4) is 0 Å². The molecular weight excluding hydrogens is 188 g/mol. The second-order valence-corrected chi connectivity index (χ2v) is 3.59. The van der Waals surface area contributed by atoms with Gasteiger partial charge in [0.2, 0.25) is 0 Å². The first-order chi connectivity index (χ1) is 7.22. The second kappa shape index (κ2) is 3.77. The van der Waals surface area contributed by atoms with Gasteiger partial charge in [-0.2, -0.15) is 0 Å². The molecule has 0 radical (unpaired) electrons. The third kappa shape index (κ3) is 1.73. The fraction of sp³-hybridized carbons (Fsp3) is 0.250. The quantitative estimate of drug-likeness (QED) is 0.813. The highest BCUT2D eigenvalue weighted by Gasteiger charge is 2.12. The van der Waals surface area contributed by atoms with E-state index in [1.165, 1.54) is 5.56 Å². The molecule has 3 nitrogen and oxygen atoms in total. The number of aromatic nitrogens is 1. The zero-order chi connectivity index (χ0) is 10.8. The Balaban J connectivity index is 2.49. The van der Waals surface area contributed by atoms with Gasteiger partial charge in [-0.1, -0.05) is 35.0 Å². The normalized spacial score (nSPS) is 10.3. The Labute approximate surface area is 89.1 Å². The van der Waals surface area contributed by atoms with Crippen LogP contribution in [-0.4, -0.2) is 12.2 Å². The van der Waals surface area contributed by atoms with Crippen LogP contribution in [0.5, 0.6) is 0 Å². The van der Waals surface area contributed by atoms with Crippen LogP contribution in [0.2, 0.25) is 0 Å². The minimum atomic E-state index is 0.801. The summed E-state index contributed by atoms with van der Waals surface area (Å²) in [4.78, 5) is 0. The Bertz CT molecular complexity index is 457. The molecule has 1 N–H and O–H groups in total. The van der Waals surface area contributed by atoms with Crippen molar-refractivity contribution >= 4 is 5.69 Å². The van der Waals surface area contributed by atoms with Crippen molar-refractivity contribution in [2.24, 2.45) is 0 Å². The van der Waals surface area contributed by atoms with Crippen molar-refractivity contribution in [2.45, 2.75) is 13.8 Å². The third-order valence-electron chi connectivity index (χ3n) is 2.43. The van der Waals surface area contributed by atoms with Crippen molar-refractivity contribution < 1.29 is 4.52 Å². The Morgan fingerprint density at radius 3 is 2.40 bits per heavy atom. The molecule has 1 aromatic heterocycles. The fourth-order valence-corrected chi connectivity index (χ4v) is 1.57. The minimum Gasteiger partial charge on any atom is -0.383 e. The molecule has 0 aliphatic heterocycles. The highest BCUT2D eigenvalue weighted by atomic mass is 16.5. The smallest absolute Gasteiger partial charge is 0.190 e. The van der Waals surface area contributed by atoms with E-state index >= 15 is 0 Å². The summed E-state index contributed by atoms with van der Waals surface area (Å²) in [6.07, 6.45) is 0. The van der Waals surface area contributed by atoms with Crippen LogP contribution in [0.4, 0.5) is 5.69 Å². The van der Waals surface area contributed by atoms with Crippen LogP contribution in [0.25, 0.3) is 11.3 Å². The number of aryl methyl sites for hydroxylation is 2. The van der Waals surface area contributed by atoms with Crippen molar-refractivity contribution in [3.63, 3.8) is 0 Å². The Hall–Kier alpha value is -1.77. The van der Waals surface area contributed by atoms with Gasteiger partial charge in [-0.05, 0) is 13.8 Å². The van der Waals surface area contributed by atoms with Gasteiger partial charge in [0.05, 0.1) is 0 Å². The topological polar surface area (TPSA) is 38.1 Å². The summed E-state index contributed by atoms with van der Waals surface area (Å²) in [5, 5.41) is 7.05. The van der Waals surface area contributed by atoms with E-state index in [2.05, 4.69) is 29.5 Å². The van der Waals surface area contributed by atoms with Crippen LogP contribution in [-0.2, 0) is 0 Å². The van der Waals surface area contributed by atoms with Crippen LogP contribution in [0.15, 0.2) is 28.8 Å². The lowest BCUT2D eigenvalue weighted by molar-refractivity contribution is 0.427. The van der Waals surface area contributed by atoms with Crippen molar-refractivity contribution in [3.8, 4) is 11.3 Å². The van der Waals surface area contributed by atoms with Gasteiger partial charge in [-0.15, -0.1) is 0 Å². The van der Waals surface area contributed by atoms with Crippen molar-refractivity contribution in [3.05, 3.63) is 35.5 Å². The SMILES string of the molecule is CNc1c(C)noc1-c1ccc(C)cc1. The molecule has 15 heavy (non-hydrogen) atoms. The molecule has 78 valence electrons.